The second-order valence-corrected chi connectivity index (χ2v) is 12.0. The van der Waals surface area contributed by atoms with Crippen LogP contribution in [0.4, 0.5) is 5.69 Å². The highest BCUT2D eigenvalue weighted by atomic mass is 31.1. The maximum Gasteiger partial charge on any atom is 0.208 e. The lowest BCUT2D eigenvalue weighted by molar-refractivity contribution is 0.190. The minimum absolute atomic E-state index is 0.00819. The molecule has 0 saturated heterocycles. The number of nitrogens with zero attached hydrogens (tertiary/aromatic N) is 2. The Morgan fingerprint density at radius 3 is 1.72 bits per heavy atom. The molecule has 3 atom stereocenters. The Balaban J connectivity index is 1.36. The van der Waals surface area contributed by atoms with Crippen molar-refractivity contribution >= 4 is 30.3 Å². The number of hydrogen-bond donors (Lipinski definition) is 0. The zero-order valence-corrected chi connectivity index (χ0v) is 22.4. The molecule has 2 aliphatic heterocycles. The van der Waals surface area contributed by atoms with Gasteiger partial charge in [0.05, 0.1) is 8.07 Å². The second kappa shape index (κ2) is 10.5. The summed E-state index contributed by atoms with van der Waals surface area (Å²) in [6.45, 7) is 0. The molecule has 0 amide bonds. The standard InChI is InChI=1S/C35H29N2OP/c1-5-15-26(16-6-1)33-34(27-17-7-2-8-18-27)38-35(36-33)32-25-28-19-13-14-24-31(28)37(32)39(29-20-9-3-10-21-29)30-22-11-4-12-23-30/h1-24,32-34H,25H2/t32-,33+,34-/m0/s1. The third-order valence-electron chi connectivity index (χ3n) is 7.52. The molecule has 4 heteroatoms. The van der Waals surface area contributed by atoms with E-state index in [1.807, 2.05) is 0 Å². The molecule has 0 N–H and O–H groups in total. The summed E-state index contributed by atoms with van der Waals surface area (Å²) in [6, 6.07) is 51.6. The number of hydrogen-bond acceptors (Lipinski definition) is 3. The fourth-order valence-electron chi connectivity index (χ4n) is 5.73. The lowest BCUT2D eigenvalue weighted by Crippen LogP contribution is -2.40. The van der Waals surface area contributed by atoms with Gasteiger partial charge in [0.2, 0.25) is 5.90 Å². The highest BCUT2D eigenvalue weighted by Gasteiger charge is 2.44. The van der Waals surface area contributed by atoms with E-state index in [1.54, 1.807) is 0 Å². The topological polar surface area (TPSA) is 24.8 Å². The van der Waals surface area contributed by atoms with Crippen LogP contribution in [0.2, 0.25) is 0 Å². The van der Waals surface area contributed by atoms with Crippen molar-refractivity contribution in [3.63, 3.8) is 0 Å². The lowest BCUT2D eigenvalue weighted by Gasteiger charge is -2.36. The van der Waals surface area contributed by atoms with Gasteiger partial charge in [0, 0.05) is 22.7 Å². The van der Waals surface area contributed by atoms with Gasteiger partial charge in [0.15, 0.2) is 6.10 Å². The van der Waals surface area contributed by atoms with Crippen LogP contribution in [0.3, 0.4) is 0 Å². The minimum Gasteiger partial charge on any atom is -0.469 e. The normalized spacial score (nSPS) is 20.0. The van der Waals surface area contributed by atoms with Gasteiger partial charge in [-0.1, -0.05) is 140 Å². The predicted molar refractivity (Wildman–Crippen MR) is 162 cm³/mol. The van der Waals surface area contributed by atoms with E-state index in [9.17, 15) is 0 Å². The van der Waals surface area contributed by atoms with Crippen molar-refractivity contribution < 1.29 is 4.74 Å². The molecule has 7 rings (SSSR count). The van der Waals surface area contributed by atoms with Crippen molar-refractivity contribution in [3.8, 4) is 0 Å². The van der Waals surface area contributed by atoms with Gasteiger partial charge in [-0.2, -0.15) is 0 Å². The van der Waals surface area contributed by atoms with Gasteiger partial charge < -0.3 is 9.41 Å². The molecule has 0 aromatic heterocycles. The molecule has 2 heterocycles. The number of anilines is 1. The summed E-state index contributed by atoms with van der Waals surface area (Å²) in [5.74, 6) is 0.827. The molecule has 0 aliphatic carbocycles. The summed E-state index contributed by atoms with van der Waals surface area (Å²) in [5.41, 5.74) is 4.94. The monoisotopic (exact) mass is 524 g/mol. The van der Waals surface area contributed by atoms with Crippen molar-refractivity contribution in [1.29, 1.82) is 0 Å². The largest absolute Gasteiger partial charge is 0.469 e. The van der Waals surface area contributed by atoms with Gasteiger partial charge in [-0.3, -0.25) is 0 Å². The minimum atomic E-state index is -0.859. The smallest absolute Gasteiger partial charge is 0.208 e. The number of rotatable bonds is 6. The van der Waals surface area contributed by atoms with E-state index in [4.69, 9.17) is 9.73 Å². The average molecular weight is 525 g/mol. The molecule has 2 aliphatic rings. The van der Waals surface area contributed by atoms with E-state index in [-0.39, 0.29) is 18.2 Å². The molecular formula is C35H29N2OP. The highest BCUT2D eigenvalue weighted by molar-refractivity contribution is 7.74. The fraction of sp³-hybridized carbons (Fsp3) is 0.114. The Hall–Kier alpha value is -4.20. The summed E-state index contributed by atoms with van der Waals surface area (Å²) in [5, 5.41) is 2.64. The van der Waals surface area contributed by atoms with Crippen molar-refractivity contribution in [2.75, 3.05) is 4.67 Å². The van der Waals surface area contributed by atoms with Crippen LogP contribution in [-0.2, 0) is 11.2 Å². The summed E-state index contributed by atoms with van der Waals surface area (Å²) in [7, 11) is -0.859. The highest BCUT2D eigenvalue weighted by Crippen LogP contribution is 2.51. The van der Waals surface area contributed by atoms with Crippen LogP contribution in [0.15, 0.2) is 151 Å². The van der Waals surface area contributed by atoms with Crippen LogP contribution in [0.5, 0.6) is 0 Å². The Labute approximate surface area is 231 Å². The van der Waals surface area contributed by atoms with Gasteiger partial charge >= 0.3 is 0 Å². The molecule has 0 bridgehead atoms. The van der Waals surface area contributed by atoms with Crippen molar-refractivity contribution in [2.24, 2.45) is 4.99 Å². The van der Waals surface area contributed by atoms with E-state index in [0.29, 0.717) is 0 Å². The molecule has 0 saturated carbocycles. The van der Waals surface area contributed by atoms with Crippen molar-refractivity contribution in [1.82, 2.24) is 0 Å². The van der Waals surface area contributed by atoms with Gasteiger partial charge in [-0.15, -0.1) is 0 Å². The number of fused-ring (bicyclic) bond motifs is 1. The van der Waals surface area contributed by atoms with E-state index in [0.717, 1.165) is 17.9 Å². The summed E-state index contributed by atoms with van der Waals surface area (Å²) >= 11 is 0. The first-order valence-electron chi connectivity index (χ1n) is 13.5. The maximum atomic E-state index is 6.90. The van der Waals surface area contributed by atoms with Gasteiger partial charge in [0.1, 0.15) is 12.1 Å². The average Bonchev–Trinajstić information content (AvgIpc) is 3.62. The molecular weight excluding hydrogens is 495 g/mol. The first-order chi connectivity index (χ1) is 19.4. The van der Waals surface area contributed by atoms with Crippen molar-refractivity contribution in [2.45, 2.75) is 24.6 Å². The molecule has 0 spiro atoms. The van der Waals surface area contributed by atoms with Crippen LogP contribution in [0, 0.1) is 0 Å². The first-order valence-corrected chi connectivity index (χ1v) is 14.8. The van der Waals surface area contributed by atoms with Crippen LogP contribution >= 0.6 is 8.07 Å². The van der Waals surface area contributed by atoms with Crippen LogP contribution in [-0.4, -0.2) is 11.9 Å². The molecule has 0 radical (unpaired) electrons. The Kier molecular flexibility index (Phi) is 6.44. The molecule has 0 fully saturated rings. The third-order valence-corrected chi connectivity index (χ3v) is 10.0. The van der Waals surface area contributed by atoms with Crippen LogP contribution < -0.4 is 15.3 Å². The molecule has 5 aromatic rings. The number of aliphatic imine (C=N–C) groups is 1. The Bertz CT molecular complexity index is 1540. The molecule has 39 heavy (non-hydrogen) atoms. The van der Waals surface area contributed by atoms with Gasteiger partial charge in [-0.25, -0.2) is 4.99 Å². The molecule has 190 valence electrons. The van der Waals surface area contributed by atoms with Crippen molar-refractivity contribution in [3.05, 3.63) is 162 Å². The van der Waals surface area contributed by atoms with Crippen LogP contribution in [0.25, 0.3) is 0 Å². The van der Waals surface area contributed by atoms with Crippen LogP contribution in [0.1, 0.15) is 28.8 Å². The summed E-state index contributed by atoms with van der Waals surface area (Å²) in [6.07, 6.45) is 0.713. The number of para-hydroxylation sites is 1. The van der Waals surface area contributed by atoms with E-state index >= 15 is 0 Å². The number of benzene rings is 5. The zero-order valence-electron chi connectivity index (χ0n) is 21.5. The summed E-state index contributed by atoms with van der Waals surface area (Å²) in [4.78, 5) is 5.36. The zero-order chi connectivity index (χ0) is 26.0. The first kappa shape index (κ1) is 23.9. The number of ether oxygens (including phenoxy) is 1. The van der Waals surface area contributed by atoms with Gasteiger partial charge in [-0.05, 0) is 22.8 Å². The summed E-state index contributed by atoms with van der Waals surface area (Å²) < 4.78 is 9.50. The molecule has 0 unspecified atom stereocenters. The van der Waals surface area contributed by atoms with E-state index in [1.165, 1.54) is 27.4 Å². The molecule has 5 aromatic carbocycles. The lowest BCUT2D eigenvalue weighted by atomic mass is 9.97. The Morgan fingerprint density at radius 2 is 1.10 bits per heavy atom. The predicted octanol–water partition coefficient (Wildman–Crippen LogP) is 7.38. The SMILES string of the molecule is c1ccc([C@H]2N=C([C@@H]3Cc4ccccc4N3P(c3ccccc3)c3ccccc3)O[C@H]2c2ccccc2)cc1. The maximum absolute atomic E-state index is 6.90. The molecule has 3 nitrogen and oxygen atoms in total. The third kappa shape index (κ3) is 4.54. The van der Waals surface area contributed by atoms with E-state index < -0.39 is 8.07 Å². The van der Waals surface area contributed by atoms with E-state index in [2.05, 4.69) is 150 Å². The fourth-order valence-corrected chi connectivity index (χ4v) is 8.31. The Morgan fingerprint density at radius 1 is 0.590 bits per heavy atom. The quantitative estimate of drug-likeness (QED) is 0.217. The second-order valence-electron chi connectivity index (χ2n) is 9.95. The van der Waals surface area contributed by atoms with Gasteiger partial charge in [0.25, 0.3) is 0 Å².